The van der Waals surface area contributed by atoms with Gasteiger partial charge in [0.05, 0.1) is 0 Å². The minimum atomic E-state index is -4.31. The first-order valence-electron chi connectivity index (χ1n) is 4.17. The van der Waals surface area contributed by atoms with Crippen molar-refractivity contribution < 1.29 is 18.0 Å². The second-order valence-corrected chi connectivity index (χ2v) is 3.72. The van der Waals surface area contributed by atoms with Crippen molar-refractivity contribution in [1.29, 1.82) is 0 Å². The van der Waals surface area contributed by atoms with Crippen molar-refractivity contribution in [2.45, 2.75) is 38.4 Å². The molecule has 0 heterocycles. The van der Waals surface area contributed by atoms with Crippen molar-refractivity contribution in [3.8, 4) is 0 Å². The fourth-order valence-electron chi connectivity index (χ4n) is 0.985. The highest BCUT2D eigenvalue weighted by Crippen LogP contribution is 2.48. The van der Waals surface area contributed by atoms with Crippen LogP contribution in [0.15, 0.2) is 0 Å². The minimum Gasteiger partial charge on any atom is -0.342 e. The number of rotatable bonds is 2. The molecule has 1 saturated carbocycles. The Morgan fingerprint density at radius 3 is 2.08 bits per heavy atom. The zero-order valence-electron chi connectivity index (χ0n) is 7.53. The second-order valence-electron chi connectivity index (χ2n) is 3.72. The van der Waals surface area contributed by atoms with E-state index in [1.807, 2.05) is 5.32 Å². The van der Waals surface area contributed by atoms with Crippen LogP contribution in [0, 0.1) is 5.92 Å². The third-order valence-electron chi connectivity index (χ3n) is 2.18. The molecule has 0 atom stereocenters. The van der Waals surface area contributed by atoms with Gasteiger partial charge >= 0.3 is 6.18 Å². The van der Waals surface area contributed by atoms with Crippen LogP contribution in [0.5, 0.6) is 0 Å². The fraction of sp³-hybridized carbons (Fsp3) is 0.875. The zero-order valence-corrected chi connectivity index (χ0v) is 7.53. The average molecular weight is 195 g/mol. The lowest BCUT2D eigenvalue weighted by atomic mass is 10.1. The molecule has 5 heteroatoms. The minimum absolute atomic E-state index is 0.00889. The number of hydrogen-bond donors (Lipinski definition) is 1. The fourth-order valence-corrected chi connectivity index (χ4v) is 0.985. The maximum absolute atomic E-state index is 12.3. The van der Waals surface area contributed by atoms with Crippen molar-refractivity contribution >= 4 is 5.91 Å². The van der Waals surface area contributed by atoms with Crippen LogP contribution < -0.4 is 5.32 Å². The predicted molar refractivity (Wildman–Crippen MR) is 41.0 cm³/mol. The molecule has 1 amide bonds. The van der Waals surface area contributed by atoms with E-state index in [1.54, 1.807) is 13.8 Å². The van der Waals surface area contributed by atoms with Gasteiger partial charge in [0.2, 0.25) is 5.91 Å². The smallest absolute Gasteiger partial charge is 0.342 e. The van der Waals surface area contributed by atoms with Gasteiger partial charge in [-0.15, -0.1) is 0 Å². The summed E-state index contributed by atoms with van der Waals surface area (Å²) in [5.74, 6) is -0.936. The Hall–Kier alpha value is -0.740. The van der Waals surface area contributed by atoms with Gasteiger partial charge in [0.15, 0.2) is 0 Å². The van der Waals surface area contributed by atoms with Gasteiger partial charge in [0.1, 0.15) is 5.54 Å². The monoisotopic (exact) mass is 195 g/mol. The topological polar surface area (TPSA) is 29.1 Å². The van der Waals surface area contributed by atoms with E-state index in [-0.39, 0.29) is 12.8 Å². The lowest BCUT2D eigenvalue weighted by Crippen LogP contribution is -2.49. The second kappa shape index (κ2) is 2.89. The molecule has 13 heavy (non-hydrogen) atoms. The van der Waals surface area contributed by atoms with Crippen LogP contribution in [0.1, 0.15) is 26.7 Å². The highest BCUT2D eigenvalue weighted by Gasteiger charge is 2.64. The Morgan fingerprint density at radius 1 is 1.38 bits per heavy atom. The van der Waals surface area contributed by atoms with Gasteiger partial charge in [0, 0.05) is 5.92 Å². The van der Waals surface area contributed by atoms with Gasteiger partial charge in [0.25, 0.3) is 0 Å². The van der Waals surface area contributed by atoms with Gasteiger partial charge in [-0.25, -0.2) is 0 Å². The normalized spacial score (nSPS) is 20.2. The summed E-state index contributed by atoms with van der Waals surface area (Å²) in [6.07, 6.45) is -4.29. The van der Waals surface area contributed by atoms with Crippen LogP contribution in [-0.2, 0) is 4.79 Å². The third kappa shape index (κ3) is 1.95. The molecule has 0 saturated heterocycles. The standard InChI is InChI=1S/C8H12F3NO/c1-5(2)6(13)12-7(3-4-7)8(9,10)11/h5H,3-4H2,1-2H3,(H,12,13). The Bertz CT molecular complexity index is 218. The number of hydrogen-bond acceptors (Lipinski definition) is 1. The number of carbonyl (C=O) groups is 1. The van der Waals surface area contributed by atoms with Crippen LogP contribution in [0.2, 0.25) is 0 Å². The summed E-state index contributed by atoms with van der Waals surface area (Å²) >= 11 is 0. The lowest BCUT2D eigenvalue weighted by molar-refractivity contribution is -0.171. The van der Waals surface area contributed by atoms with Crippen LogP contribution in [0.4, 0.5) is 13.2 Å². The van der Waals surface area contributed by atoms with Crippen LogP contribution >= 0.6 is 0 Å². The molecular weight excluding hydrogens is 183 g/mol. The van der Waals surface area contributed by atoms with E-state index in [9.17, 15) is 18.0 Å². The van der Waals surface area contributed by atoms with Crippen LogP contribution in [0.25, 0.3) is 0 Å². The first-order chi connectivity index (χ1) is 5.78. The van der Waals surface area contributed by atoms with Crippen molar-refractivity contribution in [2.75, 3.05) is 0 Å². The molecule has 0 bridgehead atoms. The lowest BCUT2D eigenvalue weighted by Gasteiger charge is -2.21. The Kier molecular flexibility index (Phi) is 2.30. The molecule has 0 aromatic carbocycles. The SMILES string of the molecule is CC(C)C(=O)NC1(C(F)(F)F)CC1. The number of carbonyl (C=O) groups excluding carboxylic acids is 1. The first kappa shape index (κ1) is 10.3. The summed E-state index contributed by atoms with van der Waals surface area (Å²) in [7, 11) is 0. The van der Waals surface area contributed by atoms with Crippen molar-refractivity contribution in [1.82, 2.24) is 5.32 Å². The maximum atomic E-state index is 12.3. The Balaban J connectivity index is 2.59. The molecule has 0 unspecified atom stereocenters. The van der Waals surface area contributed by atoms with Crippen molar-refractivity contribution in [3.63, 3.8) is 0 Å². The van der Waals surface area contributed by atoms with Crippen LogP contribution in [-0.4, -0.2) is 17.6 Å². The van der Waals surface area contributed by atoms with Gasteiger partial charge in [-0.2, -0.15) is 13.2 Å². The Labute approximate surface area is 74.5 Å². The molecule has 1 fully saturated rings. The average Bonchev–Trinajstić information content (AvgIpc) is 2.66. The van der Waals surface area contributed by atoms with E-state index in [0.29, 0.717) is 0 Å². The highest BCUT2D eigenvalue weighted by molar-refractivity contribution is 5.79. The highest BCUT2D eigenvalue weighted by atomic mass is 19.4. The largest absolute Gasteiger partial charge is 0.411 e. The number of amides is 1. The summed E-state index contributed by atoms with van der Waals surface area (Å²) in [6.45, 7) is 3.14. The molecule has 0 aromatic heterocycles. The van der Waals surface area contributed by atoms with Crippen LogP contribution in [0.3, 0.4) is 0 Å². The number of halogens is 3. The quantitative estimate of drug-likeness (QED) is 0.715. The van der Waals surface area contributed by atoms with E-state index in [4.69, 9.17) is 0 Å². The predicted octanol–water partition coefficient (Wildman–Crippen LogP) is 1.85. The molecule has 1 N–H and O–H groups in total. The van der Waals surface area contributed by atoms with Gasteiger partial charge in [-0.1, -0.05) is 13.8 Å². The molecule has 0 aliphatic heterocycles. The summed E-state index contributed by atoms with van der Waals surface area (Å²) in [4.78, 5) is 11.0. The van der Waals surface area contributed by atoms with Crippen molar-refractivity contribution in [3.05, 3.63) is 0 Å². The van der Waals surface area contributed by atoms with Gasteiger partial charge in [-0.3, -0.25) is 4.79 Å². The Morgan fingerprint density at radius 2 is 1.85 bits per heavy atom. The van der Waals surface area contributed by atoms with Gasteiger partial charge in [-0.05, 0) is 12.8 Å². The third-order valence-corrected chi connectivity index (χ3v) is 2.18. The zero-order chi connectivity index (χ0) is 10.3. The molecule has 0 spiro atoms. The molecule has 1 rings (SSSR count). The van der Waals surface area contributed by atoms with Gasteiger partial charge < -0.3 is 5.32 Å². The molecular formula is C8H12F3NO. The molecule has 1 aliphatic rings. The molecule has 2 nitrogen and oxygen atoms in total. The van der Waals surface area contributed by atoms with E-state index in [2.05, 4.69) is 0 Å². The van der Waals surface area contributed by atoms with E-state index < -0.39 is 23.5 Å². The summed E-state index contributed by atoms with van der Waals surface area (Å²) < 4.78 is 36.9. The first-order valence-corrected chi connectivity index (χ1v) is 4.17. The molecule has 0 radical (unpaired) electrons. The maximum Gasteiger partial charge on any atom is 0.411 e. The van der Waals surface area contributed by atoms with E-state index in [1.165, 1.54) is 0 Å². The summed E-state index contributed by atoms with van der Waals surface area (Å²) in [5, 5.41) is 2.04. The molecule has 1 aliphatic carbocycles. The number of alkyl halides is 3. The molecule has 76 valence electrons. The molecule has 0 aromatic rings. The summed E-state index contributed by atoms with van der Waals surface area (Å²) in [6, 6.07) is 0. The summed E-state index contributed by atoms with van der Waals surface area (Å²) in [5.41, 5.74) is -1.91. The number of nitrogens with one attached hydrogen (secondary N) is 1. The van der Waals surface area contributed by atoms with E-state index in [0.717, 1.165) is 0 Å². The van der Waals surface area contributed by atoms with E-state index >= 15 is 0 Å². The van der Waals surface area contributed by atoms with Crippen molar-refractivity contribution in [2.24, 2.45) is 5.92 Å².